The number of hydrogen-bond donors (Lipinski definition) is 1. The van der Waals surface area contributed by atoms with Crippen LogP contribution in [0.2, 0.25) is 0 Å². The summed E-state index contributed by atoms with van der Waals surface area (Å²) in [5.74, 6) is 1.17. The third-order valence-corrected chi connectivity index (χ3v) is 1.87. The zero-order valence-corrected chi connectivity index (χ0v) is 7.66. The van der Waals surface area contributed by atoms with E-state index >= 15 is 0 Å². The van der Waals surface area contributed by atoms with Gasteiger partial charge in [0.15, 0.2) is 11.5 Å². The highest BCUT2D eigenvalue weighted by Crippen LogP contribution is 2.28. The van der Waals surface area contributed by atoms with Crippen LogP contribution in [-0.2, 0) is 0 Å². The molecule has 1 rings (SSSR count). The molecule has 0 bridgehead atoms. The summed E-state index contributed by atoms with van der Waals surface area (Å²) in [7, 11) is 1.55. The van der Waals surface area contributed by atoms with Crippen LogP contribution in [0.25, 0.3) is 0 Å². The molecule has 0 radical (unpaired) electrons. The number of phenolic OH excluding ortho intramolecular Hbond substituents is 1. The maximum atomic E-state index is 9.42. The topological polar surface area (TPSA) is 29.5 Å². The van der Waals surface area contributed by atoms with Crippen molar-refractivity contribution in [2.75, 3.05) is 7.11 Å². The third-order valence-electron chi connectivity index (χ3n) is 1.87. The van der Waals surface area contributed by atoms with Crippen molar-refractivity contribution in [2.24, 2.45) is 0 Å². The molecule has 0 fully saturated rings. The molecule has 1 N–H and O–H groups in total. The Hall–Kier alpha value is -1.18. The molecular weight excluding hydrogens is 152 g/mol. The van der Waals surface area contributed by atoms with Crippen LogP contribution in [-0.4, -0.2) is 12.2 Å². The predicted molar refractivity (Wildman–Crippen MR) is 48.7 cm³/mol. The van der Waals surface area contributed by atoms with Gasteiger partial charge in [-0.1, -0.05) is 19.9 Å². The number of ether oxygens (including phenoxy) is 1. The summed E-state index contributed by atoms with van der Waals surface area (Å²) < 4.78 is 4.93. The SMILES string of the molecule is COc1ccc(C(C)C)cc1O. The van der Waals surface area contributed by atoms with Gasteiger partial charge in [-0.2, -0.15) is 0 Å². The average Bonchev–Trinajstić information content (AvgIpc) is 2.04. The van der Waals surface area contributed by atoms with E-state index in [4.69, 9.17) is 4.74 Å². The van der Waals surface area contributed by atoms with E-state index in [1.54, 1.807) is 19.2 Å². The number of benzene rings is 1. The lowest BCUT2D eigenvalue weighted by atomic mass is 10.0. The van der Waals surface area contributed by atoms with E-state index in [1.807, 2.05) is 6.07 Å². The Morgan fingerprint density at radius 3 is 2.42 bits per heavy atom. The maximum Gasteiger partial charge on any atom is 0.160 e. The molecule has 0 aliphatic carbocycles. The van der Waals surface area contributed by atoms with Crippen LogP contribution in [0.1, 0.15) is 25.3 Å². The molecule has 0 unspecified atom stereocenters. The quantitative estimate of drug-likeness (QED) is 0.731. The van der Waals surface area contributed by atoms with Crippen LogP contribution in [0.3, 0.4) is 0 Å². The molecule has 0 aliphatic rings. The van der Waals surface area contributed by atoms with Crippen molar-refractivity contribution in [3.63, 3.8) is 0 Å². The van der Waals surface area contributed by atoms with Gasteiger partial charge in [-0.3, -0.25) is 0 Å². The molecule has 0 heterocycles. The zero-order chi connectivity index (χ0) is 9.14. The average molecular weight is 166 g/mol. The standard InChI is InChI=1S/C10H14O2/c1-7(2)8-4-5-10(12-3)9(11)6-8/h4-7,11H,1-3H3. The van der Waals surface area contributed by atoms with Crippen LogP contribution in [0, 0.1) is 0 Å². The zero-order valence-electron chi connectivity index (χ0n) is 7.66. The lowest BCUT2D eigenvalue weighted by molar-refractivity contribution is 0.373. The van der Waals surface area contributed by atoms with Gasteiger partial charge in [0.1, 0.15) is 0 Å². The molecule has 1 aromatic carbocycles. The number of hydrogen-bond acceptors (Lipinski definition) is 2. The molecule has 2 nitrogen and oxygen atoms in total. The molecule has 1 aromatic rings. The van der Waals surface area contributed by atoms with Gasteiger partial charge in [-0.05, 0) is 23.6 Å². The molecule has 0 amide bonds. The minimum atomic E-state index is 0.212. The van der Waals surface area contributed by atoms with E-state index in [1.165, 1.54) is 0 Å². The molecule has 0 saturated heterocycles. The van der Waals surface area contributed by atoms with Crippen molar-refractivity contribution in [3.05, 3.63) is 23.8 Å². The monoisotopic (exact) mass is 166 g/mol. The van der Waals surface area contributed by atoms with Gasteiger partial charge < -0.3 is 9.84 Å². The summed E-state index contributed by atoms with van der Waals surface area (Å²) in [4.78, 5) is 0. The summed E-state index contributed by atoms with van der Waals surface area (Å²) in [6.07, 6.45) is 0. The first-order valence-electron chi connectivity index (χ1n) is 4.02. The van der Waals surface area contributed by atoms with E-state index in [-0.39, 0.29) is 5.75 Å². The van der Waals surface area contributed by atoms with Gasteiger partial charge in [0.2, 0.25) is 0 Å². The third kappa shape index (κ3) is 1.70. The predicted octanol–water partition coefficient (Wildman–Crippen LogP) is 2.52. The fraction of sp³-hybridized carbons (Fsp3) is 0.400. The van der Waals surface area contributed by atoms with Crippen LogP contribution < -0.4 is 4.74 Å². The molecule has 0 atom stereocenters. The maximum absolute atomic E-state index is 9.42. The van der Waals surface area contributed by atoms with Gasteiger partial charge >= 0.3 is 0 Å². The van der Waals surface area contributed by atoms with Crippen LogP contribution in [0.15, 0.2) is 18.2 Å². The van der Waals surface area contributed by atoms with Gasteiger partial charge in [0.05, 0.1) is 7.11 Å². The molecular formula is C10H14O2. The van der Waals surface area contributed by atoms with Crippen molar-refractivity contribution >= 4 is 0 Å². The largest absolute Gasteiger partial charge is 0.504 e. The lowest BCUT2D eigenvalue weighted by Gasteiger charge is -2.08. The molecule has 0 aromatic heterocycles. The number of aromatic hydroxyl groups is 1. The Kier molecular flexibility index (Phi) is 2.58. The first-order valence-corrected chi connectivity index (χ1v) is 4.02. The smallest absolute Gasteiger partial charge is 0.160 e. The number of rotatable bonds is 2. The summed E-state index contributed by atoms with van der Waals surface area (Å²) >= 11 is 0. The minimum Gasteiger partial charge on any atom is -0.504 e. The van der Waals surface area contributed by atoms with Crippen molar-refractivity contribution in [1.82, 2.24) is 0 Å². The highest BCUT2D eigenvalue weighted by atomic mass is 16.5. The summed E-state index contributed by atoms with van der Waals surface area (Å²) in [5, 5.41) is 9.42. The molecule has 0 aliphatic heterocycles. The molecule has 0 saturated carbocycles. The van der Waals surface area contributed by atoms with Crippen molar-refractivity contribution in [2.45, 2.75) is 19.8 Å². The minimum absolute atomic E-state index is 0.212. The normalized spacial score (nSPS) is 10.3. The Balaban J connectivity index is 3.02. The summed E-state index contributed by atoms with van der Waals surface area (Å²) in [5.41, 5.74) is 1.12. The summed E-state index contributed by atoms with van der Waals surface area (Å²) in [6, 6.07) is 5.48. The second-order valence-electron chi connectivity index (χ2n) is 3.09. The number of methoxy groups -OCH3 is 1. The van der Waals surface area contributed by atoms with E-state index in [2.05, 4.69) is 13.8 Å². The first kappa shape index (κ1) is 8.91. The van der Waals surface area contributed by atoms with E-state index < -0.39 is 0 Å². The Morgan fingerprint density at radius 1 is 1.33 bits per heavy atom. The second kappa shape index (κ2) is 3.48. The van der Waals surface area contributed by atoms with Gasteiger partial charge in [-0.25, -0.2) is 0 Å². The van der Waals surface area contributed by atoms with E-state index in [9.17, 15) is 5.11 Å². The van der Waals surface area contributed by atoms with Crippen LogP contribution in [0.5, 0.6) is 11.5 Å². The molecule has 0 spiro atoms. The Labute approximate surface area is 72.8 Å². The van der Waals surface area contributed by atoms with Gasteiger partial charge in [0, 0.05) is 0 Å². The van der Waals surface area contributed by atoms with Gasteiger partial charge in [-0.15, -0.1) is 0 Å². The molecule has 12 heavy (non-hydrogen) atoms. The number of phenols is 1. The summed E-state index contributed by atoms with van der Waals surface area (Å²) in [6.45, 7) is 4.17. The highest BCUT2D eigenvalue weighted by Gasteiger charge is 2.04. The van der Waals surface area contributed by atoms with Crippen LogP contribution >= 0.6 is 0 Å². The van der Waals surface area contributed by atoms with Crippen molar-refractivity contribution in [1.29, 1.82) is 0 Å². The Bertz CT molecular complexity index is 267. The van der Waals surface area contributed by atoms with E-state index in [0.717, 1.165) is 5.56 Å². The lowest BCUT2D eigenvalue weighted by Crippen LogP contribution is -1.88. The molecule has 66 valence electrons. The second-order valence-corrected chi connectivity index (χ2v) is 3.09. The first-order chi connectivity index (χ1) is 5.65. The highest BCUT2D eigenvalue weighted by molar-refractivity contribution is 5.42. The fourth-order valence-corrected chi connectivity index (χ4v) is 1.07. The fourth-order valence-electron chi connectivity index (χ4n) is 1.07. The van der Waals surface area contributed by atoms with Crippen molar-refractivity contribution < 1.29 is 9.84 Å². The van der Waals surface area contributed by atoms with Crippen LogP contribution in [0.4, 0.5) is 0 Å². The van der Waals surface area contributed by atoms with Crippen molar-refractivity contribution in [3.8, 4) is 11.5 Å². The van der Waals surface area contributed by atoms with E-state index in [0.29, 0.717) is 11.7 Å². The Morgan fingerprint density at radius 2 is 2.00 bits per heavy atom. The molecule has 2 heteroatoms. The van der Waals surface area contributed by atoms with Gasteiger partial charge in [0.25, 0.3) is 0 Å².